The van der Waals surface area contributed by atoms with Crippen molar-refractivity contribution in [1.29, 1.82) is 0 Å². The molecule has 2 rings (SSSR count). The molecule has 2 aromatic carbocycles. The zero-order chi connectivity index (χ0) is 15.4. The normalized spacial score (nSPS) is 10.2. The highest BCUT2D eigenvalue weighted by Crippen LogP contribution is 2.30. The largest absolute Gasteiger partial charge is 0.350 e. The fraction of sp³-hybridized carbons (Fsp3) is 0.133. The summed E-state index contributed by atoms with van der Waals surface area (Å²) in [6.45, 7) is 1.38. The lowest BCUT2D eigenvalue weighted by atomic mass is 10.1. The Hall–Kier alpha value is -2.34. The third-order valence-electron chi connectivity index (χ3n) is 2.95. The van der Waals surface area contributed by atoms with E-state index in [1.807, 2.05) is 30.5 Å². The van der Waals surface area contributed by atoms with Gasteiger partial charge in [0.25, 0.3) is 5.69 Å². The van der Waals surface area contributed by atoms with E-state index < -0.39 is 4.92 Å². The first-order valence-electron chi connectivity index (χ1n) is 6.21. The number of hydrogen-bond acceptors (Lipinski definition) is 5. The van der Waals surface area contributed by atoms with Crippen LogP contribution < -0.4 is 5.32 Å². The molecule has 21 heavy (non-hydrogen) atoms. The fourth-order valence-electron chi connectivity index (χ4n) is 1.86. The molecule has 2 aromatic rings. The van der Waals surface area contributed by atoms with Gasteiger partial charge < -0.3 is 5.32 Å². The van der Waals surface area contributed by atoms with Crippen LogP contribution in [0.25, 0.3) is 0 Å². The van der Waals surface area contributed by atoms with Gasteiger partial charge in [-0.3, -0.25) is 14.9 Å². The van der Waals surface area contributed by atoms with Gasteiger partial charge in [-0.05, 0) is 43.5 Å². The number of nitrogens with one attached hydrogen (secondary N) is 1. The van der Waals surface area contributed by atoms with E-state index in [0.717, 1.165) is 10.6 Å². The number of Topliss-reactive ketones (excluding diaryl/α,β-unsaturated/α-hetero) is 1. The van der Waals surface area contributed by atoms with Crippen LogP contribution in [0.3, 0.4) is 0 Å². The van der Waals surface area contributed by atoms with Crippen LogP contribution in [0.2, 0.25) is 0 Å². The van der Waals surface area contributed by atoms with Crippen LogP contribution in [-0.2, 0) is 0 Å². The predicted octanol–water partition coefficient (Wildman–Crippen LogP) is 4.26. The van der Waals surface area contributed by atoms with Crippen molar-refractivity contribution in [3.8, 4) is 0 Å². The Bertz CT molecular complexity index is 701. The first-order valence-corrected chi connectivity index (χ1v) is 7.44. The summed E-state index contributed by atoms with van der Waals surface area (Å²) in [5.41, 5.74) is 1.34. The number of nitro benzene ring substituents is 1. The van der Waals surface area contributed by atoms with Crippen LogP contribution in [0.5, 0.6) is 0 Å². The molecule has 1 N–H and O–H groups in total. The number of anilines is 2. The van der Waals surface area contributed by atoms with Gasteiger partial charge in [-0.2, -0.15) is 0 Å². The minimum absolute atomic E-state index is 0.114. The number of carbonyl (C=O) groups excluding carboxylic acids is 1. The lowest BCUT2D eigenvalue weighted by molar-refractivity contribution is -0.383. The van der Waals surface area contributed by atoms with Crippen molar-refractivity contribution in [2.75, 3.05) is 11.6 Å². The van der Waals surface area contributed by atoms with Gasteiger partial charge in [0.2, 0.25) is 0 Å². The molecule has 5 nitrogen and oxygen atoms in total. The molecule has 0 aliphatic heterocycles. The summed E-state index contributed by atoms with van der Waals surface area (Å²) in [5, 5.41) is 14.2. The van der Waals surface area contributed by atoms with Gasteiger partial charge >= 0.3 is 0 Å². The second kappa shape index (κ2) is 6.41. The molecule has 0 aliphatic carbocycles. The van der Waals surface area contributed by atoms with Crippen LogP contribution in [0, 0.1) is 10.1 Å². The molecule has 108 valence electrons. The summed E-state index contributed by atoms with van der Waals surface area (Å²) in [5.74, 6) is -0.200. The SMILES string of the molecule is CSc1cccc(Nc2ccc(C(C)=O)cc2[N+](=O)[O-])c1. The second-order valence-corrected chi connectivity index (χ2v) is 5.28. The van der Waals surface area contributed by atoms with E-state index in [1.165, 1.54) is 13.0 Å². The zero-order valence-corrected chi connectivity index (χ0v) is 12.4. The maximum absolute atomic E-state index is 11.3. The van der Waals surface area contributed by atoms with E-state index >= 15 is 0 Å². The van der Waals surface area contributed by atoms with E-state index in [1.54, 1.807) is 23.9 Å². The number of nitrogens with zero attached hydrogens (tertiary/aromatic N) is 1. The van der Waals surface area contributed by atoms with Crippen molar-refractivity contribution < 1.29 is 9.72 Å². The third-order valence-corrected chi connectivity index (χ3v) is 3.68. The highest BCUT2D eigenvalue weighted by molar-refractivity contribution is 7.98. The average molecular weight is 302 g/mol. The van der Waals surface area contributed by atoms with Crippen molar-refractivity contribution >= 4 is 34.6 Å². The second-order valence-electron chi connectivity index (χ2n) is 4.40. The number of nitro groups is 1. The zero-order valence-electron chi connectivity index (χ0n) is 11.6. The summed E-state index contributed by atoms with van der Waals surface area (Å²) < 4.78 is 0. The number of ketones is 1. The third kappa shape index (κ3) is 3.61. The minimum Gasteiger partial charge on any atom is -0.350 e. The van der Waals surface area contributed by atoms with Crippen LogP contribution in [0.15, 0.2) is 47.4 Å². The molecule has 0 aromatic heterocycles. The number of carbonyl (C=O) groups is 1. The van der Waals surface area contributed by atoms with Crippen LogP contribution in [0.1, 0.15) is 17.3 Å². The molecule has 0 amide bonds. The van der Waals surface area contributed by atoms with Gasteiger partial charge in [0.05, 0.1) is 4.92 Å². The van der Waals surface area contributed by atoms with E-state index in [0.29, 0.717) is 11.3 Å². The van der Waals surface area contributed by atoms with Crippen molar-refractivity contribution in [2.45, 2.75) is 11.8 Å². The van der Waals surface area contributed by atoms with Crippen molar-refractivity contribution in [1.82, 2.24) is 0 Å². The van der Waals surface area contributed by atoms with Gasteiger partial charge in [0, 0.05) is 22.2 Å². The number of rotatable bonds is 5. The smallest absolute Gasteiger partial charge is 0.293 e. The Balaban J connectivity index is 2.38. The summed E-state index contributed by atoms with van der Waals surface area (Å²) in [4.78, 5) is 23.1. The Morgan fingerprint density at radius 2 is 2.00 bits per heavy atom. The lowest BCUT2D eigenvalue weighted by Crippen LogP contribution is -2.00. The standard InChI is InChI=1S/C15H14N2O3S/c1-10(18)11-6-7-14(15(8-11)17(19)20)16-12-4-3-5-13(9-12)21-2/h3-9,16H,1-2H3. The van der Waals surface area contributed by atoms with Crippen molar-refractivity contribution in [3.63, 3.8) is 0 Å². The van der Waals surface area contributed by atoms with Gasteiger partial charge in [-0.15, -0.1) is 11.8 Å². The Morgan fingerprint density at radius 1 is 1.24 bits per heavy atom. The first kappa shape index (κ1) is 15.1. The van der Waals surface area contributed by atoms with Gasteiger partial charge in [-0.1, -0.05) is 6.07 Å². The van der Waals surface area contributed by atoms with E-state index in [2.05, 4.69) is 5.32 Å². The molecule has 0 bridgehead atoms. The summed E-state index contributed by atoms with van der Waals surface area (Å²) in [6.07, 6.45) is 1.96. The quantitative estimate of drug-likeness (QED) is 0.386. The number of hydrogen-bond donors (Lipinski definition) is 1. The molecule has 0 radical (unpaired) electrons. The number of benzene rings is 2. The Labute approximate surface area is 126 Å². The lowest BCUT2D eigenvalue weighted by Gasteiger charge is -2.09. The monoisotopic (exact) mass is 302 g/mol. The average Bonchev–Trinajstić information content (AvgIpc) is 2.47. The van der Waals surface area contributed by atoms with Gasteiger partial charge in [-0.25, -0.2) is 0 Å². The molecule has 0 atom stereocenters. The molecule has 0 spiro atoms. The van der Waals surface area contributed by atoms with Crippen LogP contribution in [0.4, 0.5) is 17.1 Å². The first-order chi connectivity index (χ1) is 10.0. The number of thioether (sulfide) groups is 1. The highest BCUT2D eigenvalue weighted by Gasteiger charge is 2.16. The molecule has 0 fully saturated rings. The summed E-state index contributed by atoms with van der Waals surface area (Å²) in [7, 11) is 0. The maximum Gasteiger partial charge on any atom is 0.293 e. The molecule has 0 saturated carbocycles. The van der Waals surface area contributed by atoms with E-state index in [4.69, 9.17) is 0 Å². The molecular weight excluding hydrogens is 288 g/mol. The van der Waals surface area contributed by atoms with Crippen molar-refractivity contribution in [2.24, 2.45) is 0 Å². The predicted molar refractivity (Wildman–Crippen MR) is 84.6 cm³/mol. The Morgan fingerprint density at radius 3 is 2.62 bits per heavy atom. The van der Waals surface area contributed by atoms with Crippen molar-refractivity contribution in [3.05, 3.63) is 58.1 Å². The van der Waals surface area contributed by atoms with E-state index in [9.17, 15) is 14.9 Å². The summed E-state index contributed by atoms with van der Waals surface area (Å²) >= 11 is 1.59. The maximum atomic E-state index is 11.3. The van der Waals surface area contributed by atoms with Crippen LogP contribution >= 0.6 is 11.8 Å². The van der Waals surface area contributed by atoms with Gasteiger partial charge in [0.1, 0.15) is 5.69 Å². The minimum atomic E-state index is -0.493. The molecule has 0 saturated heterocycles. The molecule has 0 heterocycles. The van der Waals surface area contributed by atoms with E-state index in [-0.39, 0.29) is 11.5 Å². The molecule has 0 unspecified atom stereocenters. The topological polar surface area (TPSA) is 72.2 Å². The summed E-state index contributed by atoms with van der Waals surface area (Å²) in [6, 6.07) is 12.0. The molecule has 0 aliphatic rings. The fourth-order valence-corrected chi connectivity index (χ4v) is 2.32. The Kier molecular flexibility index (Phi) is 4.59. The molecule has 6 heteroatoms. The van der Waals surface area contributed by atoms with Gasteiger partial charge in [0.15, 0.2) is 5.78 Å². The molecular formula is C15H14N2O3S. The highest BCUT2D eigenvalue weighted by atomic mass is 32.2. The van der Waals surface area contributed by atoms with Crippen LogP contribution in [-0.4, -0.2) is 17.0 Å².